The predicted octanol–water partition coefficient (Wildman–Crippen LogP) is 2.68. The first-order valence-corrected chi connectivity index (χ1v) is 5.10. The van der Waals surface area contributed by atoms with E-state index in [1.54, 1.807) is 0 Å². The van der Waals surface area contributed by atoms with Gasteiger partial charge in [0.15, 0.2) is 0 Å². The number of rotatable bonds is 2. The van der Waals surface area contributed by atoms with Gasteiger partial charge in [0.1, 0.15) is 6.61 Å². The first kappa shape index (κ1) is 9.25. The lowest BCUT2D eigenvalue weighted by Gasteiger charge is -2.01. The van der Waals surface area contributed by atoms with Gasteiger partial charge in [0.25, 0.3) is 0 Å². The van der Waals surface area contributed by atoms with Crippen molar-refractivity contribution in [2.75, 3.05) is 6.61 Å². The third-order valence-electron chi connectivity index (χ3n) is 2.51. The van der Waals surface area contributed by atoms with Gasteiger partial charge >= 0.3 is 0 Å². The molecular weight excluding hydrogens is 174 g/mol. The van der Waals surface area contributed by atoms with E-state index in [9.17, 15) is 0 Å². The minimum atomic E-state index is 0.644. The molecule has 0 heterocycles. The van der Waals surface area contributed by atoms with Crippen LogP contribution in [0.2, 0.25) is 0 Å². The molecule has 0 N–H and O–H groups in total. The Morgan fingerprint density at radius 3 is 3.00 bits per heavy atom. The first-order chi connectivity index (χ1) is 6.81. The standard InChI is InChI=1S/C12H15NO/c1-3-14-13-12-7-5-10-8-9(2)4-6-11(10)12/h4,6,8H,3,5,7H2,1-2H3. The highest BCUT2D eigenvalue weighted by molar-refractivity contribution is 6.04. The lowest BCUT2D eigenvalue weighted by atomic mass is 10.1. The summed E-state index contributed by atoms with van der Waals surface area (Å²) in [5, 5.41) is 4.13. The van der Waals surface area contributed by atoms with Crippen molar-refractivity contribution in [3.05, 3.63) is 34.9 Å². The topological polar surface area (TPSA) is 21.6 Å². The Hall–Kier alpha value is -1.31. The molecule has 2 heteroatoms. The van der Waals surface area contributed by atoms with E-state index >= 15 is 0 Å². The van der Waals surface area contributed by atoms with E-state index in [0.717, 1.165) is 18.6 Å². The Morgan fingerprint density at radius 2 is 2.21 bits per heavy atom. The van der Waals surface area contributed by atoms with Crippen LogP contribution in [0.5, 0.6) is 0 Å². The molecule has 0 unspecified atom stereocenters. The zero-order chi connectivity index (χ0) is 9.97. The van der Waals surface area contributed by atoms with Gasteiger partial charge in [-0.15, -0.1) is 0 Å². The number of hydrogen-bond donors (Lipinski definition) is 0. The van der Waals surface area contributed by atoms with Gasteiger partial charge < -0.3 is 4.84 Å². The van der Waals surface area contributed by atoms with Crippen molar-refractivity contribution < 1.29 is 4.84 Å². The van der Waals surface area contributed by atoms with Gasteiger partial charge in [-0.25, -0.2) is 0 Å². The quantitative estimate of drug-likeness (QED) is 0.655. The Kier molecular flexibility index (Phi) is 2.53. The minimum Gasteiger partial charge on any atom is -0.396 e. The molecule has 0 atom stereocenters. The summed E-state index contributed by atoms with van der Waals surface area (Å²) in [6.07, 6.45) is 2.11. The lowest BCUT2D eigenvalue weighted by molar-refractivity contribution is 0.158. The molecule has 1 aliphatic carbocycles. The number of aryl methyl sites for hydroxylation is 2. The molecule has 0 spiro atoms. The molecular formula is C12H15NO. The Labute approximate surface area is 84.6 Å². The van der Waals surface area contributed by atoms with Crippen LogP contribution in [0.4, 0.5) is 0 Å². The van der Waals surface area contributed by atoms with Crippen LogP contribution in [0.1, 0.15) is 30.0 Å². The molecule has 0 aromatic heterocycles. The number of oxime groups is 1. The van der Waals surface area contributed by atoms with Crippen molar-refractivity contribution in [3.8, 4) is 0 Å². The van der Waals surface area contributed by atoms with Crippen molar-refractivity contribution in [3.63, 3.8) is 0 Å². The van der Waals surface area contributed by atoms with Crippen LogP contribution >= 0.6 is 0 Å². The van der Waals surface area contributed by atoms with E-state index in [1.807, 2.05) is 6.92 Å². The summed E-state index contributed by atoms with van der Waals surface area (Å²) < 4.78 is 0. The second-order valence-electron chi connectivity index (χ2n) is 3.62. The van der Waals surface area contributed by atoms with Gasteiger partial charge in [0, 0.05) is 5.56 Å². The molecule has 1 aromatic carbocycles. The highest BCUT2D eigenvalue weighted by Crippen LogP contribution is 2.23. The molecule has 0 aliphatic heterocycles. The maximum absolute atomic E-state index is 5.09. The molecule has 74 valence electrons. The Bertz CT molecular complexity index is 369. The minimum absolute atomic E-state index is 0.644. The van der Waals surface area contributed by atoms with Gasteiger partial charge in [0.05, 0.1) is 5.71 Å². The first-order valence-electron chi connectivity index (χ1n) is 5.10. The summed E-state index contributed by atoms with van der Waals surface area (Å²) in [6, 6.07) is 6.52. The van der Waals surface area contributed by atoms with E-state index in [2.05, 4.69) is 30.3 Å². The number of fused-ring (bicyclic) bond motifs is 1. The van der Waals surface area contributed by atoms with Crippen molar-refractivity contribution >= 4 is 5.71 Å². The van der Waals surface area contributed by atoms with Crippen LogP contribution in [0.25, 0.3) is 0 Å². The van der Waals surface area contributed by atoms with E-state index in [0.29, 0.717) is 6.61 Å². The molecule has 14 heavy (non-hydrogen) atoms. The third-order valence-corrected chi connectivity index (χ3v) is 2.51. The third kappa shape index (κ3) is 1.65. The molecule has 2 rings (SSSR count). The van der Waals surface area contributed by atoms with E-state index < -0.39 is 0 Å². The van der Waals surface area contributed by atoms with E-state index in [1.165, 1.54) is 16.7 Å². The summed E-state index contributed by atoms with van der Waals surface area (Å²) in [6.45, 7) is 4.72. The monoisotopic (exact) mass is 189 g/mol. The lowest BCUT2D eigenvalue weighted by Crippen LogP contribution is -1.96. The molecule has 0 saturated heterocycles. The number of nitrogens with zero attached hydrogens (tertiary/aromatic N) is 1. The average Bonchev–Trinajstić information content (AvgIpc) is 2.57. The molecule has 0 bridgehead atoms. The molecule has 1 aliphatic rings. The second kappa shape index (κ2) is 3.82. The largest absolute Gasteiger partial charge is 0.396 e. The van der Waals surface area contributed by atoms with Gasteiger partial charge in [-0.3, -0.25) is 0 Å². The van der Waals surface area contributed by atoms with Gasteiger partial charge in [-0.2, -0.15) is 0 Å². The average molecular weight is 189 g/mol. The second-order valence-corrected chi connectivity index (χ2v) is 3.62. The predicted molar refractivity (Wildman–Crippen MR) is 57.7 cm³/mol. The molecule has 1 aromatic rings. The smallest absolute Gasteiger partial charge is 0.114 e. The van der Waals surface area contributed by atoms with Crippen LogP contribution < -0.4 is 0 Å². The molecule has 0 fully saturated rings. The zero-order valence-corrected chi connectivity index (χ0v) is 8.71. The van der Waals surface area contributed by atoms with Crippen molar-refractivity contribution in [2.24, 2.45) is 5.16 Å². The van der Waals surface area contributed by atoms with Crippen LogP contribution in [0.3, 0.4) is 0 Å². The molecule has 0 amide bonds. The van der Waals surface area contributed by atoms with E-state index in [4.69, 9.17) is 4.84 Å². The summed E-state index contributed by atoms with van der Waals surface area (Å²) in [4.78, 5) is 5.09. The molecule has 2 nitrogen and oxygen atoms in total. The van der Waals surface area contributed by atoms with Crippen LogP contribution in [0, 0.1) is 6.92 Å². The molecule has 0 saturated carbocycles. The number of benzene rings is 1. The van der Waals surface area contributed by atoms with Crippen molar-refractivity contribution in [2.45, 2.75) is 26.7 Å². The van der Waals surface area contributed by atoms with Crippen LogP contribution in [0.15, 0.2) is 23.4 Å². The number of hydrogen-bond acceptors (Lipinski definition) is 2. The Morgan fingerprint density at radius 1 is 1.36 bits per heavy atom. The van der Waals surface area contributed by atoms with Crippen molar-refractivity contribution in [1.29, 1.82) is 0 Å². The van der Waals surface area contributed by atoms with E-state index in [-0.39, 0.29) is 0 Å². The highest BCUT2D eigenvalue weighted by Gasteiger charge is 2.17. The summed E-state index contributed by atoms with van der Waals surface area (Å²) in [5.41, 5.74) is 5.09. The maximum atomic E-state index is 5.09. The van der Waals surface area contributed by atoms with Gasteiger partial charge in [-0.05, 0) is 32.3 Å². The molecule has 0 radical (unpaired) electrons. The fourth-order valence-corrected chi connectivity index (χ4v) is 1.84. The summed E-state index contributed by atoms with van der Waals surface area (Å²) in [5.74, 6) is 0. The Balaban J connectivity index is 2.31. The van der Waals surface area contributed by atoms with Gasteiger partial charge in [0.2, 0.25) is 0 Å². The summed E-state index contributed by atoms with van der Waals surface area (Å²) >= 11 is 0. The maximum Gasteiger partial charge on any atom is 0.114 e. The fourth-order valence-electron chi connectivity index (χ4n) is 1.84. The zero-order valence-electron chi connectivity index (χ0n) is 8.71. The SMILES string of the molecule is CCON=C1CCc2cc(C)ccc21. The van der Waals surface area contributed by atoms with Crippen LogP contribution in [-0.2, 0) is 11.3 Å². The van der Waals surface area contributed by atoms with Crippen LogP contribution in [-0.4, -0.2) is 12.3 Å². The fraction of sp³-hybridized carbons (Fsp3) is 0.417. The van der Waals surface area contributed by atoms with Crippen molar-refractivity contribution in [1.82, 2.24) is 0 Å². The normalized spacial score (nSPS) is 17.1. The highest BCUT2D eigenvalue weighted by atomic mass is 16.6. The van der Waals surface area contributed by atoms with Gasteiger partial charge in [-0.1, -0.05) is 28.9 Å². The summed E-state index contributed by atoms with van der Waals surface area (Å²) in [7, 11) is 0.